The number of hydrogen-bond acceptors (Lipinski definition) is 6. The molecule has 0 aromatic heterocycles. The second-order valence-electron chi connectivity index (χ2n) is 11.0. The van der Waals surface area contributed by atoms with Crippen molar-refractivity contribution >= 4 is 17.9 Å². The van der Waals surface area contributed by atoms with Crippen molar-refractivity contribution in [1.29, 1.82) is 0 Å². The van der Waals surface area contributed by atoms with Crippen LogP contribution >= 0.6 is 0 Å². The van der Waals surface area contributed by atoms with Gasteiger partial charge in [-0.3, -0.25) is 14.4 Å². The standard InChI is InChI=1S/C39H56O6/c1-7-8-9-10-11-12-13-14-15-16-17-18-19-20-21-22-23-27-39(42)43-31-30-37(32-44-35(5)40)38(45-36(6)41)29-28-34(4)26-24-25-33(2)3/h11-12,14-15,17-18,20-21,25,28,32,38H,7-10,13,16,19,22-23,27,29-31H2,1-6H3/b12-11-,15-14+,18-17+,21-20+,34-28+,37-32-/t38-/m0/s1. The van der Waals surface area contributed by atoms with E-state index in [1.54, 1.807) is 0 Å². The van der Waals surface area contributed by atoms with Crippen LogP contribution in [-0.4, -0.2) is 30.6 Å². The molecule has 6 heteroatoms. The van der Waals surface area contributed by atoms with E-state index < -0.39 is 18.0 Å². The average Bonchev–Trinajstić information content (AvgIpc) is 2.98. The molecule has 0 bridgehead atoms. The molecule has 0 spiro atoms. The Morgan fingerprint density at radius 2 is 1.33 bits per heavy atom. The Balaban J connectivity index is 4.58. The zero-order valence-electron chi connectivity index (χ0n) is 28.6. The molecule has 0 N–H and O–H groups in total. The number of carbonyl (C=O) groups is 3. The number of hydrogen-bond donors (Lipinski definition) is 0. The highest BCUT2D eigenvalue weighted by molar-refractivity contribution is 5.69. The molecule has 0 aliphatic carbocycles. The quantitative estimate of drug-likeness (QED) is 0.0299. The second kappa shape index (κ2) is 28.9. The van der Waals surface area contributed by atoms with E-state index in [-0.39, 0.29) is 19.0 Å². The molecule has 6 nitrogen and oxygen atoms in total. The summed E-state index contributed by atoms with van der Waals surface area (Å²) in [4.78, 5) is 35.5. The molecule has 0 saturated carbocycles. The third-order valence-corrected chi connectivity index (χ3v) is 6.23. The Morgan fingerprint density at radius 1 is 0.733 bits per heavy atom. The van der Waals surface area contributed by atoms with Crippen LogP contribution in [0.5, 0.6) is 0 Å². The zero-order valence-corrected chi connectivity index (χ0v) is 28.6. The number of unbranched alkanes of at least 4 members (excludes halogenated alkanes) is 4. The minimum Gasteiger partial charge on any atom is -0.465 e. The van der Waals surface area contributed by atoms with Gasteiger partial charge in [0.05, 0.1) is 12.9 Å². The molecular formula is C39H56O6. The van der Waals surface area contributed by atoms with Crippen LogP contribution in [0.15, 0.2) is 83.7 Å². The van der Waals surface area contributed by atoms with Crippen molar-refractivity contribution in [1.82, 2.24) is 0 Å². The van der Waals surface area contributed by atoms with Crippen LogP contribution in [0.4, 0.5) is 0 Å². The SMILES string of the molecule is CCCCC/C=C\C/C=C/C/C=C/C/C=C/CCCC(=O)OCC/C(=C/OC(C)=O)[C@H](C/C=C(\C)C#CC=C(C)C)OC(C)=O. The summed E-state index contributed by atoms with van der Waals surface area (Å²) in [5, 5.41) is 0. The molecule has 0 aliphatic rings. The Labute approximate surface area is 273 Å². The molecule has 0 unspecified atom stereocenters. The molecule has 248 valence electrons. The number of ether oxygens (including phenoxy) is 3. The predicted molar refractivity (Wildman–Crippen MR) is 185 cm³/mol. The smallest absolute Gasteiger partial charge is 0.307 e. The monoisotopic (exact) mass is 620 g/mol. The summed E-state index contributed by atoms with van der Waals surface area (Å²) in [7, 11) is 0. The van der Waals surface area contributed by atoms with Gasteiger partial charge in [0.25, 0.3) is 0 Å². The summed E-state index contributed by atoms with van der Waals surface area (Å²) in [6.07, 6.45) is 31.9. The molecule has 0 saturated heterocycles. The molecule has 0 aliphatic heterocycles. The summed E-state index contributed by atoms with van der Waals surface area (Å²) in [6, 6.07) is 0. The Hall–Kier alpha value is -3.85. The van der Waals surface area contributed by atoms with Gasteiger partial charge in [0.1, 0.15) is 6.10 Å². The normalized spacial score (nSPS) is 12.8. The van der Waals surface area contributed by atoms with Crippen LogP contribution in [-0.2, 0) is 28.6 Å². The van der Waals surface area contributed by atoms with Crippen molar-refractivity contribution in [3.63, 3.8) is 0 Å². The Morgan fingerprint density at radius 3 is 1.89 bits per heavy atom. The van der Waals surface area contributed by atoms with E-state index in [9.17, 15) is 14.4 Å². The van der Waals surface area contributed by atoms with E-state index in [0.29, 0.717) is 24.8 Å². The summed E-state index contributed by atoms with van der Waals surface area (Å²) in [6.45, 7) is 10.7. The first kappa shape index (κ1) is 41.1. The lowest BCUT2D eigenvalue weighted by atomic mass is 10.0. The number of rotatable bonds is 22. The van der Waals surface area contributed by atoms with Crippen LogP contribution in [0.25, 0.3) is 0 Å². The molecule has 0 aromatic carbocycles. The second-order valence-corrected chi connectivity index (χ2v) is 11.0. The fraction of sp³-hybridized carbons (Fsp3) is 0.513. The van der Waals surface area contributed by atoms with Crippen molar-refractivity contribution in [2.45, 2.75) is 125 Å². The number of esters is 3. The van der Waals surface area contributed by atoms with E-state index in [1.165, 1.54) is 45.8 Å². The Kier molecular flexibility index (Phi) is 26.4. The fourth-order valence-corrected chi connectivity index (χ4v) is 3.84. The van der Waals surface area contributed by atoms with E-state index in [2.05, 4.69) is 67.4 Å². The van der Waals surface area contributed by atoms with Gasteiger partial charge in [0.15, 0.2) is 0 Å². The first-order valence-electron chi connectivity index (χ1n) is 16.3. The zero-order chi connectivity index (χ0) is 33.5. The maximum absolute atomic E-state index is 12.3. The third kappa shape index (κ3) is 28.7. The summed E-state index contributed by atoms with van der Waals surface area (Å²) in [5.74, 6) is 4.74. The Bertz CT molecular complexity index is 1130. The van der Waals surface area contributed by atoms with Gasteiger partial charge in [0.2, 0.25) is 0 Å². The lowest BCUT2D eigenvalue weighted by Crippen LogP contribution is -2.20. The van der Waals surface area contributed by atoms with Gasteiger partial charge in [-0.05, 0) is 77.4 Å². The molecule has 0 heterocycles. The maximum Gasteiger partial charge on any atom is 0.307 e. The minimum absolute atomic E-state index is 0.0805. The molecule has 45 heavy (non-hydrogen) atoms. The van der Waals surface area contributed by atoms with Gasteiger partial charge in [0, 0.05) is 38.7 Å². The number of carbonyl (C=O) groups excluding carboxylic acids is 3. The van der Waals surface area contributed by atoms with Gasteiger partial charge in [-0.1, -0.05) is 91.9 Å². The van der Waals surface area contributed by atoms with Crippen molar-refractivity contribution in [3.8, 4) is 11.8 Å². The van der Waals surface area contributed by atoms with Crippen molar-refractivity contribution in [2.75, 3.05) is 6.61 Å². The molecule has 1 atom stereocenters. The van der Waals surface area contributed by atoms with Gasteiger partial charge in [-0.2, -0.15) is 0 Å². The van der Waals surface area contributed by atoms with E-state index in [4.69, 9.17) is 14.2 Å². The van der Waals surface area contributed by atoms with Crippen LogP contribution in [0.3, 0.4) is 0 Å². The van der Waals surface area contributed by atoms with Gasteiger partial charge in [-0.15, -0.1) is 0 Å². The van der Waals surface area contributed by atoms with Crippen LogP contribution in [0.2, 0.25) is 0 Å². The van der Waals surface area contributed by atoms with E-state index in [1.807, 2.05) is 32.9 Å². The van der Waals surface area contributed by atoms with Crippen molar-refractivity contribution in [3.05, 3.63) is 83.7 Å². The predicted octanol–water partition coefficient (Wildman–Crippen LogP) is 9.75. The molecular weight excluding hydrogens is 564 g/mol. The lowest BCUT2D eigenvalue weighted by molar-refractivity contribution is -0.146. The van der Waals surface area contributed by atoms with E-state index in [0.717, 1.165) is 36.8 Å². The third-order valence-electron chi connectivity index (χ3n) is 6.23. The van der Waals surface area contributed by atoms with Gasteiger partial charge < -0.3 is 14.2 Å². The number of allylic oxidation sites excluding steroid dienone is 11. The molecule has 0 aromatic rings. The molecule has 0 radical (unpaired) electrons. The van der Waals surface area contributed by atoms with Crippen molar-refractivity contribution < 1.29 is 28.6 Å². The summed E-state index contributed by atoms with van der Waals surface area (Å²) >= 11 is 0. The summed E-state index contributed by atoms with van der Waals surface area (Å²) < 4.78 is 16.0. The first-order valence-corrected chi connectivity index (χ1v) is 16.3. The van der Waals surface area contributed by atoms with Crippen LogP contribution in [0.1, 0.15) is 119 Å². The highest BCUT2D eigenvalue weighted by Gasteiger charge is 2.18. The summed E-state index contributed by atoms with van der Waals surface area (Å²) in [5.41, 5.74) is 2.46. The van der Waals surface area contributed by atoms with Gasteiger partial charge in [-0.25, -0.2) is 0 Å². The first-order chi connectivity index (χ1) is 21.6. The van der Waals surface area contributed by atoms with Crippen LogP contribution in [0, 0.1) is 11.8 Å². The molecule has 0 rings (SSSR count). The highest BCUT2D eigenvalue weighted by Crippen LogP contribution is 2.18. The fourth-order valence-electron chi connectivity index (χ4n) is 3.84. The minimum atomic E-state index is -0.682. The largest absolute Gasteiger partial charge is 0.465 e. The van der Waals surface area contributed by atoms with Gasteiger partial charge >= 0.3 is 17.9 Å². The maximum atomic E-state index is 12.3. The van der Waals surface area contributed by atoms with Crippen LogP contribution < -0.4 is 0 Å². The highest BCUT2D eigenvalue weighted by atomic mass is 16.6. The topological polar surface area (TPSA) is 78.9 Å². The lowest BCUT2D eigenvalue weighted by Gasteiger charge is -2.19. The molecule has 0 amide bonds. The van der Waals surface area contributed by atoms with Crippen molar-refractivity contribution in [2.24, 2.45) is 0 Å². The average molecular weight is 621 g/mol. The molecule has 0 fully saturated rings. The van der Waals surface area contributed by atoms with E-state index >= 15 is 0 Å².